The summed E-state index contributed by atoms with van der Waals surface area (Å²) in [6.45, 7) is 4.28. The van der Waals surface area contributed by atoms with E-state index in [2.05, 4.69) is 5.32 Å². The van der Waals surface area contributed by atoms with Crippen molar-refractivity contribution in [1.29, 1.82) is 0 Å². The third-order valence-electron chi connectivity index (χ3n) is 5.61. The molecule has 1 N–H and O–H groups in total. The molecule has 0 aromatic heterocycles. The normalized spacial score (nSPS) is 12.8. The van der Waals surface area contributed by atoms with Crippen molar-refractivity contribution < 1.29 is 19.1 Å². The van der Waals surface area contributed by atoms with Crippen molar-refractivity contribution in [3.8, 4) is 11.5 Å². The minimum absolute atomic E-state index is 0.104. The first kappa shape index (κ1) is 21.4. The Bertz CT molecular complexity index is 1110. The van der Waals surface area contributed by atoms with Crippen LogP contribution in [0.25, 0.3) is 0 Å². The Morgan fingerprint density at radius 2 is 1.69 bits per heavy atom. The average molecular weight is 431 g/mol. The van der Waals surface area contributed by atoms with Crippen molar-refractivity contribution in [2.45, 2.75) is 32.9 Å². The number of hydrogen-bond donors (Lipinski definition) is 1. The number of nitrogens with one attached hydrogen (secondary N) is 1. The molecule has 164 valence electrons. The molecule has 0 aliphatic carbocycles. The van der Waals surface area contributed by atoms with Gasteiger partial charge in [0.2, 0.25) is 18.6 Å². The van der Waals surface area contributed by atoms with Crippen LogP contribution in [0.2, 0.25) is 0 Å². The van der Waals surface area contributed by atoms with E-state index in [1.165, 1.54) is 0 Å². The molecule has 2 amide bonds. The molecule has 6 nitrogen and oxygen atoms in total. The summed E-state index contributed by atoms with van der Waals surface area (Å²) in [6.07, 6.45) is 0.231. The van der Waals surface area contributed by atoms with E-state index < -0.39 is 6.04 Å². The monoisotopic (exact) mass is 430 g/mol. The average Bonchev–Trinajstić information content (AvgIpc) is 3.26. The fraction of sp³-hybridized carbons (Fsp3) is 0.231. The number of benzene rings is 3. The van der Waals surface area contributed by atoms with E-state index in [1.807, 2.05) is 61.5 Å². The van der Waals surface area contributed by atoms with Gasteiger partial charge in [0.1, 0.15) is 6.04 Å². The van der Waals surface area contributed by atoms with Crippen LogP contribution in [0.3, 0.4) is 0 Å². The van der Waals surface area contributed by atoms with Crippen LogP contribution in [0.1, 0.15) is 23.6 Å². The van der Waals surface area contributed by atoms with Crippen LogP contribution < -0.4 is 14.8 Å². The van der Waals surface area contributed by atoms with E-state index in [0.29, 0.717) is 23.7 Å². The van der Waals surface area contributed by atoms with Gasteiger partial charge in [0, 0.05) is 18.3 Å². The molecule has 1 atom stereocenters. The lowest BCUT2D eigenvalue weighted by Crippen LogP contribution is -2.45. The van der Waals surface area contributed by atoms with E-state index in [1.54, 1.807) is 30.0 Å². The molecule has 0 saturated heterocycles. The van der Waals surface area contributed by atoms with Gasteiger partial charge in [-0.15, -0.1) is 0 Å². The Morgan fingerprint density at radius 3 is 2.47 bits per heavy atom. The predicted molar refractivity (Wildman–Crippen MR) is 123 cm³/mol. The Balaban J connectivity index is 1.54. The number of hydrogen-bond acceptors (Lipinski definition) is 4. The molecule has 3 aromatic carbocycles. The zero-order valence-corrected chi connectivity index (χ0v) is 18.2. The van der Waals surface area contributed by atoms with Crippen LogP contribution >= 0.6 is 0 Å². The van der Waals surface area contributed by atoms with Gasteiger partial charge in [0.25, 0.3) is 0 Å². The van der Waals surface area contributed by atoms with Gasteiger partial charge in [0.15, 0.2) is 11.5 Å². The van der Waals surface area contributed by atoms with Gasteiger partial charge in [-0.2, -0.15) is 0 Å². The summed E-state index contributed by atoms with van der Waals surface area (Å²) >= 11 is 0. The van der Waals surface area contributed by atoms with E-state index in [9.17, 15) is 9.59 Å². The summed E-state index contributed by atoms with van der Waals surface area (Å²) in [7, 11) is 0. The maximum Gasteiger partial charge on any atom is 0.246 e. The van der Waals surface area contributed by atoms with Gasteiger partial charge in [-0.25, -0.2) is 0 Å². The topological polar surface area (TPSA) is 67.9 Å². The molecule has 0 fully saturated rings. The van der Waals surface area contributed by atoms with Gasteiger partial charge < -0.3 is 19.7 Å². The van der Waals surface area contributed by atoms with Crippen LogP contribution in [0.4, 0.5) is 5.69 Å². The largest absolute Gasteiger partial charge is 0.454 e. The number of aryl methyl sites for hydroxylation is 1. The van der Waals surface area contributed by atoms with Crippen molar-refractivity contribution in [2.24, 2.45) is 0 Å². The van der Waals surface area contributed by atoms with E-state index in [4.69, 9.17) is 9.47 Å². The zero-order valence-electron chi connectivity index (χ0n) is 18.2. The molecule has 32 heavy (non-hydrogen) atoms. The van der Waals surface area contributed by atoms with Gasteiger partial charge in [-0.3, -0.25) is 9.59 Å². The molecular formula is C26H26N2O4. The van der Waals surface area contributed by atoms with Crippen molar-refractivity contribution in [1.82, 2.24) is 4.90 Å². The highest BCUT2D eigenvalue weighted by Crippen LogP contribution is 2.34. The number of amides is 2. The van der Waals surface area contributed by atoms with Crippen LogP contribution in [-0.2, 0) is 22.6 Å². The number of rotatable bonds is 7. The molecule has 3 aromatic rings. The first-order valence-corrected chi connectivity index (χ1v) is 10.6. The second kappa shape index (κ2) is 9.56. The Labute approximate surface area is 187 Å². The molecule has 0 radical (unpaired) electrons. The maximum absolute atomic E-state index is 13.3. The summed E-state index contributed by atoms with van der Waals surface area (Å²) < 4.78 is 10.7. The second-order valence-electron chi connectivity index (χ2n) is 7.84. The third-order valence-corrected chi connectivity index (χ3v) is 5.61. The number of carbonyl (C=O) groups is 2. The number of fused-ring (bicyclic) bond motifs is 1. The Kier molecular flexibility index (Phi) is 6.40. The van der Waals surface area contributed by atoms with Crippen LogP contribution in [-0.4, -0.2) is 29.5 Å². The Hall–Kier alpha value is -3.80. The fourth-order valence-corrected chi connectivity index (χ4v) is 3.65. The van der Waals surface area contributed by atoms with Gasteiger partial charge in [-0.05, 0) is 42.7 Å². The van der Waals surface area contributed by atoms with Crippen molar-refractivity contribution in [3.05, 3.63) is 89.5 Å². The van der Waals surface area contributed by atoms with Crippen LogP contribution in [0, 0.1) is 6.92 Å². The van der Waals surface area contributed by atoms with Crippen LogP contribution in [0.5, 0.6) is 11.5 Å². The SMILES string of the molecule is Cc1ccccc1CN(C(=O)Cc1ccccc1)C(C)C(=O)Nc1ccc2c(c1)OCO2. The minimum atomic E-state index is -0.670. The van der Waals surface area contributed by atoms with Gasteiger partial charge >= 0.3 is 0 Å². The smallest absolute Gasteiger partial charge is 0.246 e. The number of anilines is 1. The lowest BCUT2D eigenvalue weighted by atomic mass is 10.1. The summed E-state index contributed by atoms with van der Waals surface area (Å²) in [4.78, 5) is 28.0. The first-order valence-electron chi connectivity index (χ1n) is 10.6. The molecule has 1 aliphatic rings. The molecule has 0 spiro atoms. The van der Waals surface area contributed by atoms with Gasteiger partial charge in [0.05, 0.1) is 6.42 Å². The van der Waals surface area contributed by atoms with E-state index in [-0.39, 0.29) is 25.0 Å². The predicted octanol–water partition coefficient (Wildman–Crippen LogP) is 4.32. The van der Waals surface area contributed by atoms with Crippen LogP contribution in [0.15, 0.2) is 72.8 Å². The highest BCUT2D eigenvalue weighted by molar-refractivity contribution is 5.97. The molecule has 0 bridgehead atoms. The standard InChI is InChI=1S/C26H26N2O4/c1-18-8-6-7-11-21(18)16-28(25(29)14-20-9-4-3-5-10-20)19(2)26(30)27-22-12-13-23-24(15-22)32-17-31-23/h3-13,15,19H,14,16-17H2,1-2H3,(H,27,30). The molecule has 4 rings (SSSR count). The third kappa shape index (κ3) is 4.91. The highest BCUT2D eigenvalue weighted by Gasteiger charge is 2.27. The van der Waals surface area contributed by atoms with Crippen molar-refractivity contribution in [3.63, 3.8) is 0 Å². The van der Waals surface area contributed by atoms with Gasteiger partial charge in [-0.1, -0.05) is 54.6 Å². The summed E-state index contributed by atoms with van der Waals surface area (Å²) in [5, 5.41) is 2.90. The second-order valence-corrected chi connectivity index (χ2v) is 7.84. The van der Waals surface area contributed by atoms with Crippen molar-refractivity contribution >= 4 is 17.5 Å². The minimum Gasteiger partial charge on any atom is -0.454 e. The molecular weight excluding hydrogens is 404 g/mol. The lowest BCUT2D eigenvalue weighted by Gasteiger charge is -2.29. The number of ether oxygens (including phenoxy) is 2. The van der Waals surface area contributed by atoms with Crippen molar-refractivity contribution in [2.75, 3.05) is 12.1 Å². The molecule has 1 aliphatic heterocycles. The highest BCUT2D eigenvalue weighted by atomic mass is 16.7. The zero-order chi connectivity index (χ0) is 22.5. The lowest BCUT2D eigenvalue weighted by molar-refractivity contribution is -0.138. The molecule has 1 unspecified atom stereocenters. The van der Waals surface area contributed by atoms with E-state index in [0.717, 1.165) is 16.7 Å². The number of carbonyl (C=O) groups excluding carboxylic acids is 2. The summed E-state index contributed by atoms with van der Waals surface area (Å²) in [6, 6.07) is 22.0. The molecule has 6 heteroatoms. The molecule has 1 heterocycles. The fourth-order valence-electron chi connectivity index (χ4n) is 3.65. The Morgan fingerprint density at radius 1 is 0.969 bits per heavy atom. The van der Waals surface area contributed by atoms with E-state index >= 15 is 0 Å². The maximum atomic E-state index is 13.3. The quantitative estimate of drug-likeness (QED) is 0.606. The summed E-state index contributed by atoms with van der Waals surface area (Å²) in [5.41, 5.74) is 3.60. The summed E-state index contributed by atoms with van der Waals surface area (Å²) in [5.74, 6) is 0.870. The molecule has 0 saturated carbocycles. The number of nitrogens with zero attached hydrogens (tertiary/aromatic N) is 1. The first-order chi connectivity index (χ1) is 15.5.